The van der Waals surface area contributed by atoms with Gasteiger partial charge in [0, 0.05) is 5.56 Å². The topological polar surface area (TPSA) is 97.5 Å². The van der Waals surface area contributed by atoms with Crippen LogP contribution in [0.2, 0.25) is 0 Å². The molecule has 0 saturated carbocycles. The van der Waals surface area contributed by atoms with E-state index >= 15 is 0 Å². The normalized spacial score (nSPS) is 11.2. The van der Waals surface area contributed by atoms with Crippen LogP contribution in [0.3, 0.4) is 0 Å². The van der Waals surface area contributed by atoms with E-state index in [9.17, 15) is 9.90 Å². The predicted octanol–water partition coefficient (Wildman–Crippen LogP) is 2.47. The molecular formula is C14H17N3O4. The van der Waals surface area contributed by atoms with Crippen LogP contribution < -0.4 is 5.32 Å². The number of aromatic hydroxyl groups is 1. The van der Waals surface area contributed by atoms with Gasteiger partial charge in [0.2, 0.25) is 11.7 Å². The standard InChI is InChI=1S/C14H17N3O4/c1-14(2,3)20-13(19)15-8-11-16-12(17-21-11)9-5-4-6-10(18)7-9/h4-7,18H,8H2,1-3H3,(H,15,19). The molecule has 0 unspecified atom stereocenters. The zero-order valence-corrected chi connectivity index (χ0v) is 12.1. The number of nitrogens with one attached hydrogen (secondary N) is 1. The lowest BCUT2D eigenvalue weighted by atomic mass is 10.2. The summed E-state index contributed by atoms with van der Waals surface area (Å²) in [5.41, 5.74) is 0.0633. The lowest BCUT2D eigenvalue weighted by Crippen LogP contribution is -2.32. The summed E-state index contributed by atoms with van der Waals surface area (Å²) in [6, 6.07) is 6.50. The van der Waals surface area contributed by atoms with Gasteiger partial charge in [-0.05, 0) is 32.9 Å². The minimum absolute atomic E-state index is 0.0702. The van der Waals surface area contributed by atoms with Crippen LogP contribution in [0.4, 0.5) is 4.79 Å². The molecule has 0 radical (unpaired) electrons. The number of carbonyl (C=O) groups excluding carboxylic acids is 1. The van der Waals surface area contributed by atoms with Gasteiger partial charge in [-0.25, -0.2) is 4.79 Å². The van der Waals surface area contributed by atoms with Crippen molar-refractivity contribution in [3.05, 3.63) is 30.2 Å². The minimum atomic E-state index is -0.564. The number of hydrogen-bond acceptors (Lipinski definition) is 6. The minimum Gasteiger partial charge on any atom is -0.508 e. The van der Waals surface area contributed by atoms with Gasteiger partial charge in [0.15, 0.2) is 0 Å². The van der Waals surface area contributed by atoms with Crippen LogP contribution in [0, 0.1) is 0 Å². The molecule has 0 spiro atoms. The molecular weight excluding hydrogens is 274 g/mol. The summed E-state index contributed by atoms with van der Waals surface area (Å²) in [5.74, 6) is 0.705. The zero-order valence-electron chi connectivity index (χ0n) is 12.1. The Kier molecular flexibility index (Phi) is 4.11. The van der Waals surface area contributed by atoms with E-state index < -0.39 is 11.7 Å². The highest BCUT2D eigenvalue weighted by Crippen LogP contribution is 2.20. The second-order valence-electron chi connectivity index (χ2n) is 5.42. The van der Waals surface area contributed by atoms with Gasteiger partial charge < -0.3 is 19.7 Å². The average molecular weight is 291 g/mol. The van der Waals surface area contributed by atoms with Crippen molar-refractivity contribution >= 4 is 6.09 Å². The smallest absolute Gasteiger partial charge is 0.408 e. The summed E-state index contributed by atoms with van der Waals surface area (Å²) in [4.78, 5) is 15.6. The van der Waals surface area contributed by atoms with Gasteiger partial charge in [-0.3, -0.25) is 0 Å². The van der Waals surface area contributed by atoms with E-state index in [0.717, 1.165) is 0 Å². The van der Waals surface area contributed by atoms with Gasteiger partial charge in [0.25, 0.3) is 0 Å². The van der Waals surface area contributed by atoms with Crippen LogP contribution in [0.1, 0.15) is 26.7 Å². The van der Waals surface area contributed by atoms with E-state index in [4.69, 9.17) is 9.26 Å². The van der Waals surface area contributed by atoms with Crippen LogP contribution in [0.15, 0.2) is 28.8 Å². The van der Waals surface area contributed by atoms with Crippen molar-refractivity contribution in [2.45, 2.75) is 32.9 Å². The van der Waals surface area contributed by atoms with Crippen molar-refractivity contribution in [2.75, 3.05) is 0 Å². The number of phenolic OH excluding ortho intramolecular Hbond substituents is 1. The highest BCUT2D eigenvalue weighted by atomic mass is 16.6. The molecule has 2 aromatic rings. The highest BCUT2D eigenvalue weighted by Gasteiger charge is 2.17. The maximum atomic E-state index is 11.5. The molecule has 0 fully saturated rings. The molecule has 0 aliphatic rings. The first-order valence-electron chi connectivity index (χ1n) is 6.42. The van der Waals surface area contributed by atoms with E-state index in [1.807, 2.05) is 0 Å². The molecule has 1 amide bonds. The Morgan fingerprint density at radius 3 is 2.86 bits per heavy atom. The molecule has 21 heavy (non-hydrogen) atoms. The third-order valence-corrected chi connectivity index (χ3v) is 2.36. The number of alkyl carbamates (subject to hydrolysis) is 1. The van der Waals surface area contributed by atoms with E-state index in [0.29, 0.717) is 11.4 Å². The lowest BCUT2D eigenvalue weighted by molar-refractivity contribution is 0.0518. The van der Waals surface area contributed by atoms with E-state index in [1.165, 1.54) is 6.07 Å². The molecule has 7 nitrogen and oxygen atoms in total. The number of aromatic nitrogens is 2. The first-order chi connectivity index (χ1) is 9.83. The number of carbonyl (C=O) groups is 1. The first-order valence-corrected chi connectivity index (χ1v) is 6.42. The largest absolute Gasteiger partial charge is 0.508 e. The van der Waals surface area contributed by atoms with Crippen LogP contribution >= 0.6 is 0 Å². The van der Waals surface area contributed by atoms with Crippen LogP contribution in [0.25, 0.3) is 11.4 Å². The first kappa shape index (κ1) is 14.8. The van der Waals surface area contributed by atoms with Crippen LogP contribution in [-0.2, 0) is 11.3 Å². The fraction of sp³-hybridized carbons (Fsp3) is 0.357. The molecule has 0 aliphatic carbocycles. The monoisotopic (exact) mass is 291 g/mol. The van der Waals surface area contributed by atoms with Gasteiger partial charge >= 0.3 is 6.09 Å². The maximum absolute atomic E-state index is 11.5. The molecule has 0 bridgehead atoms. The summed E-state index contributed by atoms with van der Waals surface area (Å²) in [6.45, 7) is 5.40. The van der Waals surface area contributed by atoms with E-state index in [2.05, 4.69) is 15.5 Å². The van der Waals surface area contributed by atoms with Crippen LogP contribution in [0.5, 0.6) is 5.75 Å². The van der Waals surface area contributed by atoms with Crippen molar-refractivity contribution < 1.29 is 19.2 Å². The molecule has 1 heterocycles. The Morgan fingerprint density at radius 2 is 2.19 bits per heavy atom. The number of nitrogens with zero attached hydrogens (tertiary/aromatic N) is 2. The summed E-state index contributed by atoms with van der Waals surface area (Å²) in [5, 5.41) is 15.7. The van der Waals surface area contributed by atoms with Crippen LogP contribution in [-0.4, -0.2) is 26.9 Å². The number of amides is 1. The fourth-order valence-corrected chi connectivity index (χ4v) is 1.55. The fourth-order valence-electron chi connectivity index (χ4n) is 1.55. The summed E-state index contributed by atoms with van der Waals surface area (Å²) in [6.07, 6.45) is -0.556. The Hall–Kier alpha value is -2.57. The van der Waals surface area contributed by atoms with E-state index in [-0.39, 0.29) is 18.2 Å². The SMILES string of the molecule is CC(C)(C)OC(=O)NCc1nc(-c2cccc(O)c2)no1. The van der Waals surface area contributed by atoms with Gasteiger partial charge in [0.05, 0.1) is 0 Å². The van der Waals surface area contributed by atoms with Crippen molar-refractivity contribution in [3.8, 4) is 17.1 Å². The molecule has 0 aliphatic heterocycles. The highest BCUT2D eigenvalue weighted by molar-refractivity contribution is 5.67. The quantitative estimate of drug-likeness (QED) is 0.901. The molecule has 2 rings (SSSR count). The Morgan fingerprint density at radius 1 is 1.43 bits per heavy atom. The third kappa shape index (κ3) is 4.48. The number of ether oxygens (including phenoxy) is 1. The molecule has 7 heteroatoms. The average Bonchev–Trinajstić information content (AvgIpc) is 2.83. The van der Waals surface area contributed by atoms with Crippen molar-refractivity contribution in [2.24, 2.45) is 0 Å². The van der Waals surface area contributed by atoms with E-state index in [1.54, 1.807) is 39.0 Å². The molecule has 112 valence electrons. The Bertz CT molecular complexity index is 631. The second-order valence-corrected chi connectivity index (χ2v) is 5.42. The van der Waals surface area contributed by atoms with Gasteiger partial charge in [-0.1, -0.05) is 17.3 Å². The summed E-state index contributed by atoms with van der Waals surface area (Å²) >= 11 is 0. The van der Waals surface area contributed by atoms with Crippen molar-refractivity contribution in [1.82, 2.24) is 15.5 Å². The predicted molar refractivity (Wildman–Crippen MR) is 74.5 cm³/mol. The molecule has 1 aromatic carbocycles. The number of phenols is 1. The Labute approximate surface area is 121 Å². The summed E-state index contributed by atoms with van der Waals surface area (Å²) in [7, 11) is 0. The van der Waals surface area contributed by atoms with Gasteiger partial charge in [-0.2, -0.15) is 4.98 Å². The third-order valence-electron chi connectivity index (χ3n) is 2.36. The number of benzene rings is 1. The summed E-state index contributed by atoms with van der Waals surface area (Å²) < 4.78 is 10.1. The molecule has 0 atom stereocenters. The lowest BCUT2D eigenvalue weighted by Gasteiger charge is -2.19. The molecule has 2 N–H and O–H groups in total. The van der Waals surface area contributed by atoms with Gasteiger partial charge in [-0.15, -0.1) is 0 Å². The van der Waals surface area contributed by atoms with Crippen molar-refractivity contribution in [3.63, 3.8) is 0 Å². The van der Waals surface area contributed by atoms with Gasteiger partial charge in [0.1, 0.15) is 17.9 Å². The van der Waals surface area contributed by atoms with Crippen molar-refractivity contribution in [1.29, 1.82) is 0 Å². The second kappa shape index (κ2) is 5.82. The molecule has 1 aromatic heterocycles. The number of hydrogen-bond donors (Lipinski definition) is 2. The number of rotatable bonds is 3. The molecule has 0 saturated heterocycles. The zero-order chi connectivity index (χ0) is 15.5. The Balaban J connectivity index is 1.96. The maximum Gasteiger partial charge on any atom is 0.408 e.